The summed E-state index contributed by atoms with van der Waals surface area (Å²) in [6.45, 7) is 3.06. The molecule has 5 nitrogen and oxygen atoms in total. The van der Waals surface area contributed by atoms with Crippen LogP contribution in [-0.4, -0.2) is 21.8 Å². The lowest BCUT2D eigenvalue weighted by atomic mass is 10.0. The van der Waals surface area contributed by atoms with E-state index in [4.69, 9.17) is 10.6 Å². The summed E-state index contributed by atoms with van der Waals surface area (Å²) in [5.41, 5.74) is 2.60. The lowest BCUT2D eigenvalue weighted by Crippen LogP contribution is -2.13. The Morgan fingerprint density at radius 2 is 2.16 bits per heavy atom. The number of anilines is 1. The summed E-state index contributed by atoms with van der Waals surface area (Å²) < 4.78 is 5.36. The molecule has 0 saturated heterocycles. The second-order valence-electron chi connectivity index (χ2n) is 4.67. The number of hydrogen-bond acceptors (Lipinski definition) is 6. The van der Waals surface area contributed by atoms with Gasteiger partial charge in [0.2, 0.25) is 0 Å². The van der Waals surface area contributed by atoms with Gasteiger partial charge in [-0.1, -0.05) is 19.3 Å². The van der Waals surface area contributed by atoms with E-state index in [9.17, 15) is 0 Å². The second-order valence-corrected chi connectivity index (χ2v) is 5.99. The fourth-order valence-corrected chi connectivity index (χ4v) is 3.47. The Kier molecular flexibility index (Phi) is 5.88. The number of nitrogens with one attached hydrogen (secondary N) is 1. The van der Waals surface area contributed by atoms with Gasteiger partial charge in [0.25, 0.3) is 0 Å². The van der Waals surface area contributed by atoms with E-state index in [2.05, 4.69) is 15.4 Å². The van der Waals surface area contributed by atoms with Crippen LogP contribution in [0.15, 0.2) is 11.1 Å². The predicted octanol–water partition coefficient (Wildman–Crippen LogP) is 2.72. The molecule has 1 aromatic rings. The summed E-state index contributed by atoms with van der Waals surface area (Å²) in [5, 5.41) is 1.67. The van der Waals surface area contributed by atoms with Crippen LogP contribution in [0.1, 0.15) is 44.9 Å². The minimum absolute atomic E-state index is 0.435. The third kappa shape index (κ3) is 4.63. The molecule has 0 radical (unpaired) electrons. The number of nitrogens with zero attached hydrogens (tertiary/aromatic N) is 2. The fourth-order valence-electron chi connectivity index (χ4n) is 2.22. The molecule has 1 heterocycles. The van der Waals surface area contributed by atoms with Gasteiger partial charge in [-0.25, -0.2) is 15.8 Å². The summed E-state index contributed by atoms with van der Waals surface area (Å²) in [4.78, 5) is 8.84. The minimum atomic E-state index is 0.435. The van der Waals surface area contributed by atoms with E-state index >= 15 is 0 Å². The molecular weight excluding hydrogens is 260 g/mol. The molecule has 1 aromatic heterocycles. The highest BCUT2D eigenvalue weighted by atomic mass is 32.2. The first-order valence-electron chi connectivity index (χ1n) is 6.90. The molecule has 0 amide bonds. The summed E-state index contributed by atoms with van der Waals surface area (Å²) in [5.74, 6) is 6.81. The van der Waals surface area contributed by atoms with Crippen molar-refractivity contribution < 1.29 is 4.74 Å². The molecule has 0 unspecified atom stereocenters. The molecule has 1 aliphatic carbocycles. The summed E-state index contributed by atoms with van der Waals surface area (Å²) >= 11 is 1.84. The molecule has 3 N–H and O–H groups in total. The van der Waals surface area contributed by atoms with Crippen molar-refractivity contribution in [1.82, 2.24) is 9.97 Å². The lowest BCUT2D eigenvalue weighted by Gasteiger charge is -2.20. The predicted molar refractivity (Wildman–Crippen MR) is 77.9 cm³/mol. The average Bonchev–Trinajstić information content (AvgIpc) is 2.46. The Morgan fingerprint density at radius 3 is 2.84 bits per heavy atom. The molecule has 2 rings (SSSR count). The van der Waals surface area contributed by atoms with Gasteiger partial charge < -0.3 is 10.2 Å². The van der Waals surface area contributed by atoms with E-state index in [0.29, 0.717) is 30.1 Å². The molecule has 0 bridgehead atoms. The molecule has 19 heavy (non-hydrogen) atoms. The Labute approximate surface area is 118 Å². The van der Waals surface area contributed by atoms with Crippen molar-refractivity contribution in [3.05, 3.63) is 11.9 Å². The van der Waals surface area contributed by atoms with Gasteiger partial charge in [-0.15, -0.1) is 11.8 Å². The number of rotatable bonds is 6. The standard InChI is InChI=1S/C13H22N4OS/c1-2-18-9-12-15-11(17-14)8-13(16-12)19-10-6-4-3-5-7-10/h8,10H,2-7,9,14H2,1H3,(H,15,16,17). The average molecular weight is 282 g/mol. The Bertz CT molecular complexity index is 396. The van der Waals surface area contributed by atoms with Crippen molar-refractivity contribution in [3.8, 4) is 0 Å². The largest absolute Gasteiger partial charge is 0.374 e. The van der Waals surface area contributed by atoms with Crippen molar-refractivity contribution in [1.29, 1.82) is 0 Å². The number of hydrazine groups is 1. The molecule has 0 atom stereocenters. The number of nitrogen functional groups attached to an aromatic ring is 1. The van der Waals surface area contributed by atoms with Gasteiger partial charge in [0, 0.05) is 17.9 Å². The van der Waals surface area contributed by atoms with E-state index in [1.54, 1.807) is 0 Å². The maximum atomic E-state index is 5.46. The van der Waals surface area contributed by atoms with Crippen LogP contribution >= 0.6 is 11.8 Å². The Morgan fingerprint density at radius 1 is 1.37 bits per heavy atom. The Hall–Kier alpha value is -0.850. The van der Waals surface area contributed by atoms with E-state index in [1.807, 2.05) is 24.8 Å². The first-order chi connectivity index (χ1) is 9.31. The van der Waals surface area contributed by atoms with Crippen molar-refractivity contribution in [2.75, 3.05) is 12.0 Å². The van der Waals surface area contributed by atoms with Crippen LogP contribution in [-0.2, 0) is 11.3 Å². The van der Waals surface area contributed by atoms with E-state index in [0.717, 1.165) is 5.03 Å². The van der Waals surface area contributed by atoms with Gasteiger partial charge in [-0.3, -0.25) is 0 Å². The van der Waals surface area contributed by atoms with Crippen molar-refractivity contribution >= 4 is 17.6 Å². The molecule has 0 aliphatic heterocycles. The summed E-state index contributed by atoms with van der Waals surface area (Å²) in [6, 6.07) is 1.91. The molecule has 1 saturated carbocycles. The maximum absolute atomic E-state index is 5.46. The third-order valence-electron chi connectivity index (χ3n) is 3.17. The summed E-state index contributed by atoms with van der Waals surface area (Å²) in [7, 11) is 0. The van der Waals surface area contributed by atoms with Crippen LogP contribution in [0, 0.1) is 0 Å². The molecular formula is C13H22N4OS. The number of hydrogen-bond donors (Lipinski definition) is 2. The van der Waals surface area contributed by atoms with Crippen molar-refractivity contribution in [2.45, 2.75) is 55.9 Å². The zero-order chi connectivity index (χ0) is 13.5. The zero-order valence-electron chi connectivity index (χ0n) is 11.4. The molecule has 6 heteroatoms. The first-order valence-corrected chi connectivity index (χ1v) is 7.78. The monoisotopic (exact) mass is 282 g/mol. The van der Waals surface area contributed by atoms with Gasteiger partial charge in [0.1, 0.15) is 17.5 Å². The highest BCUT2D eigenvalue weighted by Crippen LogP contribution is 2.33. The van der Waals surface area contributed by atoms with Crippen LogP contribution in [0.3, 0.4) is 0 Å². The van der Waals surface area contributed by atoms with Gasteiger partial charge >= 0.3 is 0 Å². The van der Waals surface area contributed by atoms with E-state index in [1.165, 1.54) is 32.1 Å². The van der Waals surface area contributed by atoms with Crippen LogP contribution < -0.4 is 11.3 Å². The lowest BCUT2D eigenvalue weighted by molar-refractivity contribution is 0.128. The number of thioether (sulfide) groups is 1. The van der Waals surface area contributed by atoms with Gasteiger partial charge in [0.15, 0.2) is 5.82 Å². The van der Waals surface area contributed by atoms with Crippen LogP contribution in [0.5, 0.6) is 0 Å². The maximum Gasteiger partial charge on any atom is 0.157 e. The molecule has 106 valence electrons. The van der Waals surface area contributed by atoms with Crippen molar-refractivity contribution in [3.63, 3.8) is 0 Å². The first kappa shape index (κ1) is 14.6. The topological polar surface area (TPSA) is 73.1 Å². The fraction of sp³-hybridized carbons (Fsp3) is 0.692. The van der Waals surface area contributed by atoms with Crippen LogP contribution in [0.2, 0.25) is 0 Å². The molecule has 0 spiro atoms. The van der Waals surface area contributed by atoms with Crippen LogP contribution in [0.25, 0.3) is 0 Å². The zero-order valence-corrected chi connectivity index (χ0v) is 12.2. The molecule has 1 fully saturated rings. The van der Waals surface area contributed by atoms with Gasteiger partial charge in [-0.2, -0.15) is 0 Å². The minimum Gasteiger partial charge on any atom is -0.374 e. The smallest absolute Gasteiger partial charge is 0.157 e. The highest BCUT2D eigenvalue weighted by molar-refractivity contribution is 7.99. The van der Waals surface area contributed by atoms with Crippen molar-refractivity contribution in [2.24, 2.45) is 5.84 Å². The number of aromatic nitrogens is 2. The highest BCUT2D eigenvalue weighted by Gasteiger charge is 2.16. The quantitative estimate of drug-likeness (QED) is 0.475. The summed E-state index contributed by atoms with van der Waals surface area (Å²) in [6.07, 6.45) is 6.58. The molecule has 0 aromatic carbocycles. The third-order valence-corrected chi connectivity index (χ3v) is 4.43. The number of nitrogens with two attached hydrogens (primary N) is 1. The molecule has 1 aliphatic rings. The normalized spacial score (nSPS) is 16.5. The van der Waals surface area contributed by atoms with E-state index in [-0.39, 0.29) is 0 Å². The van der Waals surface area contributed by atoms with E-state index < -0.39 is 0 Å². The second kappa shape index (κ2) is 7.67. The Balaban J connectivity index is 2.04. The van der Waals surface area contributed by atoms with Gasteiger partial charge in [0.05, 0.1) is 0 Å². The van der Waals surface area contributed by atoms with Gasteiger partial charge in [-0.05, 0) is 19.8 Å². The van der Waals surface area contributed by atoms with Crippen LogP contribution in [0.4, 0.5) is 5.82 Å². The number of ether oxygens (including phenoxy) is 1. The SMILES string of the molecule is CCOCc1nc(NN)cc(SC2CCCCC2)n1.